The molecule has 2 fully saturated rings. The van der Waals surface area contributed by atoms with Gasteiger partial charge in [-0.25, -0.2) is 4.79 Å². The summed E-state index contributed by atoms with van der Waals surface area (Å²) in [5, 5.41) is 3.53. The Morgan fingerprint density at radius 3 is 3.00 bits per heavy atom. The van der Waals surface area contributed by atoms with Gasteiger partial charge in [0, 0.05) is 12.1 Å². The number of esters is 1. The van der Waals surface area contributed by atoms with Crippen LogP contribution in [-0.2, 0) is 9.53 Å². The number of carbonyl (C=O) groups is 1. The number of methoxy groups -OCH3 is 1. The zero-order valence-electron chi connectivity index (χ0n) is 9.29. The minimum Gasteiger partial charge on any atom is -0.466 e. The molecule has 0 bridgehead atoms. The van der Waals surface area contributed by atoms with E-state index in [0.717, 1.165) is 13.0 Å². The number of nitrogens with one attached hydrogen (secondary N) is 1. The molecule has 2 rings (SSSR count). The van der Waals surface area contributed by atoms with Crippen LogP contribution in [0.25, 0.3) is 0 Å². The first-order valence-electron chi connectivity index (χ1n) is 5.83. The first kappa shape index (κ1) is 10.7. The maximum atomic E-state index is 11.2. The number of rotatable bonds is 2. The quantitative estimate of drug-likeness (QED) is 0.555. The van der Waals surface area contributed by atoms with Crippen LogP contribution in [0.5, 0.6) is 0 Å². The SMILES string of the molecule is COC(=O)/C=C1/CCCC1C1CCCN1. The van der Waals surface area contributed by atoms with Crippen molar-refractivity contribution < 1.29 is 9.53 Å². The smallest absolute Gasteiger partial charge is 0.330 e. The van der Waals surface area contributed by atoms with Crippen molar-refractivity contribution in [3.8, 4) is 0 Å². The van der Waals surface area contributed by atoms with E-state index in [4.69, 9.17) is 0 Å². The Labute approximate surface area is 90.9 Å². The van der Waals surface area contributed by atoms with Crippen LogP contribution in [0.15, 0.2) is 11.6 Å². The number of hydrogen-bond acceptors (Lipinski definition) is 3. The average molecular weight is 209 g/mol. The van der Waals surface area contributed by atoms with Gasteiger partial charge in [-0.1, -0.05) is 5.57 Å². The second kappa shape index (κ2) is 4.79. The minimum absolute atomic E-state index is 0.199. The highest BCUT2D eigenvalue weighted by Gasteiger charge is 2.31. The molecule has 0 aromatic heterocycles. The van der Waals surface area contributed by atoms with Gasteiger partial charge in [0.15, 0.2) is 0 Å². The molecule has 1 heterocycles. The fourth-order valence-electron chi connectivity index (χ4n) is 2.80. The molecule has 2 aliphatic rings. The third-order valence-electron chi connectivity index (χ3n) is 3.55. The highest BCUT2D eigenvalue weighted by molar-refractivity contribution is 5.82. The Balaban J connectivity index is 2.03. The second-order valence-corrected chi connectivity index (χ2v) is 4.44. The van der Waals surface area contributed by atoms with Gasteiger partial charge in [0.05, 0.1) is 7.11 Å². The Hall–Kier alpha value is -0.830. The summed E-state index contributed by atoms with van der Waals surface area (Å²) in [5.41, 5.74) is 1.29. The van der Waals surface area contributed by atoms with Crippen LogP contribution in [0.4, 0.5) is 0 Å². The van der Waals surface area contributed by atoms with Gasteiger partial charge in [-0.2, -0.15) is 0 Å². The van der Waals surface area contributed by atoms with Gasteiger partial charge in [0.1, 0.15) is 0 Å². The summed E-state index contributed by atoms with van der Waals surface area (Å²) in [4.78, 5) is 11.2. The van der Waals surface area contributed by atoms with Gasteiger partial charge < -0.3 is 10.1 Å². The van der Waals surface area contributed by atoms with E-state index >= 15 is 0 Å². The van der Waals surface area contributed by atoms with Crippen LogP contribution in [-0.4, -0.2) is 25.7 Å². The van der Waals surface area contributed by atoms with Crippen molar-refractivity contribution in [3.63, 3.8) is 0 Å². The second-order valence-electron chi connectivity index (χ2n) is 4.44. The lowest BCUT2D eigenvalue weighted by molar-refractivity contribution is -0.134. The van der Waals surface area contributed by atoms with Crippen LogP contribution >= 0.6 is 0 Å². The predicted octanol–water partition coefficient (Wildman–Crippen LogP) is 1.64. The molecule has 1 saturated heterocycles. The van der Waals surface area contributed by atoms with E-state index in [2.05, 4.69) is 10.1 Å². The van der Waals surface area contributed by atoms with E-state index in [9.17, 15) is 4.79 Å². The summed E-state index contributed by atoms with van der Waals surface area (Å²) in [6, 6.07) is 0.600. The van der Waals surface area contributed by atoms with Crippen molar-refractivity contribution in [1.29, 1.82) is 0 Å². The molecule has 1 aliphatic heterocycles. The summed E-state index contributed by atoms with van der Waals surface area (Å²) in [7, 11) is 1.44. The molecule has 0 aromatic rings. The lowest BCUT2D eigenvalue weighted by atomic mass is 9.92. The fourth-order valence-corrected chi connectivity index (χ4v) is 2.80. The highest BCUT2D eigenvalue weighted by Crippen LogP contribution is 2.36. The Morgan fingerprint density at radius 1 is 1.47 bits per heavy atom. The fraction of sp³-hybridized carbons (Fsp3) is 0.750. The van der Waals surface area contributed by atoms with Crippen molar-refractivity contribution >= 4 is 5.97 Å². The number of ether oxygens (including phenoxy) is 1. The van der Waals surface area contributed by atoms with Gasteiger partial charge >= 0.3 is 5.97 Å². The largest absolute Gasteiger partial charge is 0.466 e. The van der Waals surface area contributed by atoms with Crippen LogP contribution in [0, 0.1) is 5.92 Å². The van der Waals surface area contributed by atoms with Crippen LogP contribution in [0.1, 0.15) is 32.1 Å². The van der Waals surface area contributed by atoms with E-state index in [1.807, 2.05) is 0 Å². The summed E-state index contributed by atoms with van der Waals surface area (Å²) < 4.78 is 4.69. The molecule has 15 heavy (non-hydrogen) atoms. The predicted molar refractivity (Wildman–Crippen MR) is 58.5 cm³/mol. The topological polar surface area (TPSA) is 38.3 Å². The Morgan fingerprint density at radius 2 is 2.33 bits per heavy atom. The van der Waals surface area contributed by atoms with Crippen molar-refractivity contribution in [2.24, 2.45) is 5.92 Å². The molecule has 1 saturated carbocycles. The average Bonchev–Trinajstić information content (AvgIpc) is 2.86. The van der Waals surface area contributed by atoms with Crippen LogP contribution in [0.2, 0.25) is 0 Å². The van der Waals surface area contributed by atoms with Gasteiger partial charge in [0.25, 0.3) is 0 Å². The summed E-state index contributed by atoms with van der Waals surface area (Å²) in [6.07, 6.45) is 7.73. The van der Waals surface area contributed by atoms with Crippen LogP contribution < -0.4 is 5.32 Å². The highest BCUT2D eigenvalue weighted by atomic mass is 16.5. The van der Waals surface area contributed by atoms with Crippen molar-refractivity contribution in [1.82, 2.24) is 5.32 Å². The van der Waals surface area contributed by atoms with E-state index < -0.39 is 0 Å². The molecule has 2 unspecified atom stereocenters. The van der Waals surface area contributed by atoms with Crippen molar-refractivity contribution in [3.05, 3.63) is 11.6 Å². The summed E-state index contributed by atoms with van der Waals surface area (Å²) in [5.74, 6) is 0.376. The lowest BCUT2D eigenvalue weighted by Crippen LogP contribution is -2.29. The molecule has 0 radical (unpaired) electrons. The van der Waals surface area contributed by atoms with E-state index in [1.54, 1.807) is 6.08 Å². The molecule has 1 aliphatic carbocycles. The molecular formula is C12H19NO2. The monoisotopic (exact) mass is 209 g/mol. The molecule has 3 heteroatoms. The molecule has 0 amide bonds. The molecule has 3 nitrogen and oxygen atoms in total. The van der Waals surface area contributed by atoms with Gasteiger partial charge in [0.2, 0.25) is 0 Å². The molecule has 0 spiro atoms. The standard InChI is InChI=1S/C12H19NO2/c1-15-12(14)8-9-4-2-5-10(9)11-6-3-7-13-11/h8,10-11,13H,2-7H2,1H3/b9-8-. The zero-order chi connectivity index (χ0) is 10.7. The molecule has 1 N–H and O–H groups in total. The van der Waals surface area contributed by atoms with Gasteiger partial charge in [-0.05, 0) is 44.6 Å². The first-order chi connectivity index (χ1) is 7.31. The lowest BCUT2D eigenvalue weighted by Gasteiger charge is -2.20. The molecule has 0 aromatic carbocycles. The van der Waals surface area contributed by atoms with E-state index in [0.29, 0.717) is 12.0 Å². The van der Waals surface area contributed by atoms with Crippen LogP contribution in [0.3, 0.4) is 0 Å². The van der Waals surface area contributed by atoms with Crippen molar-refractivity contribution in [2.75, 3.05) is 13.7 Å². The molecule has 2 atom stereocenters. The Bertz CT molecular complexity index is 267. The molecule has 84 valence electrons. The number of carbonyl (C=O) groups excluding carboxylic acids is 1. The van der Waals surface area contributed by atoms with E-state index in [1.165, 1.54) is 38.4 Å². The third-order valence-corrected chi connectivity index (χ3v) is 3.55. The first-order valence-corrected chi connectivity index (χ1v) is 5.83. The normalized spacial score (nSPS) is 33.5. The Kier molecular flexibility index (Phi) is 3.41. The van der Waals surface area contributed by atoms with Gasteiger partial charge in [-0.3, -0.25) is 0 Å². The molecular weight excluding hydrogens is 190 g/mol. The number of hydrogen-bond donors (Lipinski definition) is 1. The third kappa shape index (κ3) is 2.40. The summed E-state index contributed by atoms with van der Waals surface area (Å²) >= 11 is 0. The zero-order valence-corrected chi connectivity index (χ0v) is 9.29. The minimum atomic E-state index is -0.199. The maximum Gasteiger partial charge on any atom is 0.330 e. The summed E-state index contributed by atoms with van der Waals surface area (Å²) in [6.45, 7) is 1.13. The van der Waals surface area contributed by atoms with Gasteiger partial charge in [-0.15, -0.1) is 0 Å². The van der Waals surface area contributed by atoms with Crippen molar-refractivity contribution in [2.45, 2.75) is 38.1 Å². The van der Waals surface area contributed by atoms with E-state index in [-0.39, 0.29) is 5.97 Å². The maximum absolute atomic E-state index is 11.2.